The van der Waals surface area contributed by atoms with Gasteiger partial charge < -0.3 is 5.32 Å². The van der Waals surface area contributed by atoms with E-state index in [0.29, 0.717) is 22.2 Å². The Morgan fingerprint density at radius 1 is 0.931 bits per heavy atom. The van der Waals surface area contributed by atoms with Crippen molar-refractivity contribution in [2.24, 2.45) is 0 Å². The molecule has 1 N–H and O–H groups in total. The number of amides is 1. The van der Waals surface area contributed by atoms with Crippen LogP contribution in [0.2, 0.25) is 10.0 Å². The van der Waals surface area contributed by atoms with Gasteiger partial charge in [0.1, 0.15) is 5.01 Å². The molecule has 4 aromatic rings. The number of nitrogens with zero attached hydrogens (tertiary/aromatic N) is 1. The van der Waals surface area contributed by atoms with Gasteiger partial charge in [0.15, 0.2) is 0 Å². The van der Waals surface area contributed by atoms with Gasteiger partial charge in [-0.05, 0) is 29.8 Å². The molecule has 3 aromatic carbocycles. The van der Waals surface area contributed by atoms with E-state index in [1.165, 1.54) is 0 Å². The second kappa shape index (κ2) is 8.78. The third-order valence-electron chi connectivity index (χ3n) is 4.38. The van der Waals surface area contributed by atoms with Crippen molar-refractivity contribution < 1.29 is 4.79 Å². The molecule has 4 rings (SSSR count). The molecule has 3 nitrogen and oxygen atoms in total. The third-order valence-corrected chi connectivity index (χ3v) is 5.82. The highest BCUT2D eigenvalue weighted by Crippen LogP contribution is 2.29. The van der Waals surface area contributed by atoms with Gasteiger partial charge in [-0.25, -0.2) is 4.98 Å². The zero-order valence-electron chi connectivity index (χ0n) is 15.2. The van der Waals surface area contributed by atoms with Crippen LogP contribution in [0.5, 0.6) is 0 Å². The van der Waals surface area contributed by atoms with Gasteiger partial charge in [0.05, 0.1) is 16.3 Å². The first kappa shape index (κ1) is 19.6. The first-order valence-electron chi connectivity index (χ1n) is 8.93. The molecule has 0 saturated heterocycles. The fourth-order valence-electron chi connectivity index (χ4n) is 2.91. The Labute approximate surface area is 183 Å². The zero-order valence-corrected chi connectivity index (χ0v) is 17.6. The van der Waals surface area contributed by atoms with Crippen LogP contribution in [0.3, 0.4) is 0 Å². The number of benzene rings is 3. The Hall–Kier alpha value is -2.66. The molecular formula is C23H16Cl2N2OS. The number of carbonyl (C=O) groups is 1. The zero-order chi connectivity index (χ0) is 20.2. The van der Waals surface area contributed by atoms with Gasteiger partial charge in [-0.15, -0.1) is 11.3 Å². The molecule has 1 aromatic heterocycles. The van der Waals surface area contributed by atoms with Crippen LogP contribution in [0.15, 0.2) is 78.2 Å². The Morgan fingerprint density at radius 3 is 2.52 bits per heavy atom. The lowest BCUT2D eigenvalue weighted by atomic mass is 10.1. The molecule has 0 atom stereocenters. The minimum Gasteiger partial charge on any atom is -0.348 e. The monoisotopic (exact) mass is 438 g/mol. The largest absolute Gasteiger partial charge is 0.348 e. The lowest BCUT2D eigenvalue weighted by Gasteiger charge is -2.08. The van der Waals surface area contributed by atoms with Crippen molar-refractivity contribution in [2.75, 3.05) is 0 Å². The fourth-order valence-corrected chi connectivity index (χ4v) is 4.23. The van der Waals surface area contributed by atoms with Crippen molar-refractivity contribution >= 4 is 40.4 Å². The number of halogens is 2. The summed E-state index contributed by atoms with van der Waals surface area (Å²) in [5.74, 6) is -0.238. The Morgan fingerprint density at radius 2 is 1.72 bits per heavy atom. The lowest BCUT2D eigenvalue weighted by Crippen LogP contribution is -2.23. The summed E-state index contributed by atoms with van der Waals surface area (Å²) in [6.07, 6.45) is 0. The van der Waals surface area contributed by atoms with Crippen molar-refractivity contribution in [1.82, 2.24) is 10.3 Å². The van der Waals surface area contributed by atoms with E-state index >= 15 is 0 Å². The van der Waals surface area contributed by atoms with Crippen molar-refractivity contribution in [3.8, 4) is 21.8 Å². The first-order chi connectivity index (χ1) is 14.1. The summed E-state index contributed by atoms with van der Waals surface area (Å²) in [5, 5.41) is 6.73. The molecule has 0 unspecified atom stereocenters. The number of hydrogen-bond donors (Lipinski definition) is 1. The lowest BCUT2D eigenvalue weighted by molar-refractivity contribution is 0.0951. The number of aromatic nitrogens is 1. The topological polar surface area (TPSA) is 42.0 Å². The van der Waals surface area contributed by atoms with Crippen LogP contribution in [0.25, 0.3) is 21.8 Å². The van der Waals surface area contributed by atoms with Crippen molar-refractivity contribution in [3.05, 3.63) is 99.3 Å². The van der Waals surface area contributed by atoms with E-state index in [-0.39, 0.29) is 5.91 Å². The molecule has 1 heterocycles. The Bertz CT molecular complexity index is 1160. The highest BCUT2D eigenvalue weighted by Gasteiger charge is 2.11. The molecule has 0 radical (unpaired) electrons. The average Bonchev–Trinajstić information content (AvgIpc) is 3.23. The number of hydrogen-bond acceptors (Lipinski definition) is 3. The van der Waals surface area contributed by atoms with Crippen LogP contribution in [-0.2, 0) is 6.54 Å². The van der Waals surface area contributed by atoms with E-state index in [9.17, 15) is 4.79 Å². The van der Waals surface area contributed by atoms with Crippen molar-refractivity contribution in [1.29, 1.82) is 0 Å². The summed E-state index contributed by atoms with van der Waals surface area (Å²) < 4.78 is 0. The van der Waals surface area contributed by atoms with Gasteiger partial charge >= 0.3 is 0 Å². The second-order valence-corrected chi connectivity index (χ2v) is 8.11. The molecule has 0 bridgehead atoms. The predicted molar refractivity (Wildman–Crippen MR) is 121 cm³/mol. The van der Waals surface area contributed by atoms with Gasteiger partial charge in [-0.2, -0.15) is 0 Å². The number of rotatable bonds is 5. The van der Waals surface area contributed by atoms with E-state index in [2.05, 4.69) is 10.7 Å². The maximum Gasteiger partial charge on any atom is 0.253 e. The van der Waals surface area contributed by atoms with Crippen LogP contribution in [-0.4, -0.2) is 10.9 Å². The Balaban J connectivity index is 1.48. The van der Waals surface area contributed by atoms with Gasteiger partial charge in [-0.1, -0.05) is 71.7 Å². The first-order valence-corrected chi connectivity index (χ1v) is 10.6. The molecule has 0 aliphatic carbocycles. The second-order valence-electron chi connectivity index (χ2n) is 6.41. The van der Waals surface area contributed by atoms with Gasteiger partial charge in [-0.3, -0.25) is 4.79 Å². The number of thiazole rings is 1. The van der Waals surface area contributed by atoms with E-state index in [4.69, 9.17) is 28.2 Å². The van der Waals surface area contributed by atoms with E-state index in [1.807, 2.05) is 54.6 Å². The highest BCUT2D eigenvalue weighted by atomic mass is 35.5. The molecule has 1 amide bonds. The van der Waals surface area contributed by atoms with E-state index in [1.54, 1.807) is 29.5 Å². The highest BCUT2D eigenvalue weighted by molar-refractivity contribution is 7.13. The van der Waals surface area contributed by atoms with Gasteiger partial charge in [0.25, 0.3) is 5.91 Å². The van der Waals surface area contributed by atoms with Crippen LogP contribution in [0.1, 0.15) is 15.9 Å². The minimum absolute atomic E-state index is 0.238. The normalized spacial score (nSPS) is 10.7. The van der Waals surface area contributed by atoms with Crippen molar-refractivity contribution in [2.45, 2.75) is 6.54 Å². The number of nitrogens with one attached hydrogen (secondary N) is 1. The molecule has 0 aliphatic rings. The average molecular weight is 439 g/mol. The molecule has 0 fully saturated rings. The SMILES string of the molecule is O=C(NCc1cccc(-c2nc(-c3ccccc3)cs2)c1)c1ccc(Cl)cc1Cl. The van der Waals surface area contributed by atoms with E-state index in [0.717, 1.165) is 27.4 Å². The van der Waals surface area contributed by atoms with Crippen LogP contribution in [0.4, 0.5) is 0 Å². The molecule has 144 valence electrons. The molecule has 0 aliphatic heterocycles. The van der Waals surface area contributed by atoms with Crippen LogP contribution in [0, 0.1) is 0 Å². The van der Waals surface area contributed by atoms with Crippen molar-refractivity contribution in [3.63, 3.8) is 0 Å². The van der Waals surface area contributed by atoms with Crippen LogP contribution >= 0.6 is 34.5 Å². The molecule has 29 heavy (non-hydrogen) atoms. The quantitative estimate of drug-likeness (QED) is 0.375. The summed E-state index contributed by atoms with van der Waals surface area (Å²) in [6.45, 7) is 0.391. The predicted octanol–water partition coefficient (Wildman–Crippen LogP) is 6.71. The summed E-state index contributed by atoms with van der Waals surface area (Å²) in [4.78, 5) is 17.2. The molecule has 0 spiro atoms. The Kier molecular flexibility index (Phi) is 5.95. The molecular weight excluding hydrogens is 423 g/mol. The van der Waals surface area contributed by atoms with E-state index < -0.39 is 0 Å². The minimum atomic E-state index is -0.238. The molecule has 6 heteroatoms. The summed E-state index contributed by atoms with van der Waals surface area (Å²) in [7, 11) is 0. The summed E-state index contributed by atoms with van der Waals surface area (Å²) in [6, 6.07) is 22.9. The smallest absolute Gasteiger partial charge is 0.253 e. The van der Waals surface area contributed by atoms with Gasteiger partial charge in [0, 0.05) is 28.1 Å². The maximum atomic E-state index is 12.4. The maximum absolute atomic E-state index is 12.4. The van der Waals surface area contributed by atoms with Gasteiger partial charge in [0.2, 0.25) is 0 Å². The summed E-state index contributed by atoms with van der Waals surface area (Å²) >= 11 is 13.6. The van der Waals surface area contributed by atoms with Crippen LogP contribution < -0.4 is 5.32 Å². The molecule has 0 saturated carbocycles. The third kappa shape index (κ3) is 4.67. The number of carbonyl (C=O) groups excluding carboxylic acids is 1. The fraction of sp³-hybridized carbons (Fsp3) is 0.0435. The summed E-state index contributed by atoms with van der Waals surface area (Å²) in [5.41, 5.74) is 4.46. The standard InChI is InChI=1S/C23H16Cl2N2OS/c24-18-9-10-19(20(25)12-18)22(28)26-13-15-5-4-8-17(11-15)23-27-21(14-29-23)16-6-2-1-3-7-16/h1-12,14H,13H2,(H,26,28).